The largest absolute Gasteiger partial charge is 0.278 e. The van der Waals surface area contributed by atoms with Gasteiger partial charge in [-0.15, -0.1) is 23.1 Å². The Labute approximate surface area is 233 Å². The van der Waals surface area contributed by atoms with Crippen molar-refractivity contribution < 1.29 is 0 Å². The fourth-order valence-electron chi connectivity index (χ4n) is 6.24. The molecule has 0 radical (unpaired) electrons. The summed E-state index contributed by atoms with van der Waals surface area (Å²) in [5, 5.41) is 4.19. The van der Waals surface area contributed by atoms with Crippen LogP contribution < -0.4 is 0 Å². The maximum atomic E-state index is 5.31. The molecule has 5 heteroatoms. The Morgan fingerprint density at radius 1 is 0.692 bits per heavy atom. The van der Waals surface area contributed by atoms with Crippen molar-refractivity contribution in [1.29, 1.82) is 0 Å². The lowest BCUT2D eigenvalue weighted by Gasteiger charge is -2.14. The number of nitrogens with zero attached hydrogens (tertiary/aromatic N) is 3. The lowest BCUT2D eigenvalue weighted by molar-refractivity contribution is 0.883. The van der Waals surface area contributed by atoms with Crippen LogP contribution in [0.5, 0.6) is 0 Å². The normalized spacial score (nSPS) is 17.9. The summed E-state index contributed by atoms with van der Waals surface area (Å²) in [6.45, 7) is 0. The third kappa shape index (κ3) is 3.06. The van der Waals surface area contributed by atoms with Crippen molar-refractivity contribution in [3.8, 4) is 17.2 Å². The van der Waals surface area contributed by atoms with Gasteiger partial charge in [0.25, 0.3) is 0 Å². The fraction of sp³-hybridized carbons (Fsp3) is 0.0588. The molecule has 9 rings (SSSR count). The summed E-state index contributed by atoms with van der Waals surface area (Å²) in [4.78, 5) is 12.0. The lowest BCUT2D eigenvalue weighted by Crippen LogP contribution is -2.06. The Hall–Kier alpha value is -4.19. The SMILES string of the molecule is C1=CC2Sc3c(ccc4c3c3ccccc3n4-c3nc(-c4ccccc4)c4sc5ccccc5c4n3)C2C=C1. The van der Waals surface area contributed by atoms with Gasteiger partial charge in [0, 0.05) is 42.5 Å². The maximum Gasteiger partial charge on any atom is 0.235 e. The molecule has 3 nitrogen and oxygen atoms in total. The molecule has 1 aliphatic heterocycles. The second-order valence-electron chi connectivity index (χ2n) is 10.1. The van der Waals surface area contributed by atoms with Crippen molar-refractivity contribution in [2.75, 3.05) is 0 Å². The van der Waals surface area contributed by atoms with Gasteiger partial charge in [-0.25, -0.2) is 9.97 Å². The van der Waals surface area contributed by atoms with E-state index in [1.165, 1.54) is 31.3 Å². The van der Waals surface area contributed by atoms with E-state index in [1.54, 1.807) is 11.3 Å². The van der Waals surface area contributed by atoms with Gasteiger partial charge < -0.3 is 0 Å². The van der Waals surface area contributed by atoms with Crippen LogP contribution in [0.2, 0.25) is 0 Å². The van der Waals surface area contributed by atoms with Crippen molar-refractivity contribution in [2.24, 2.45) is 0 Å². The van der Waals surface area contributed by atoms with E-state index in [4.69, 9.17) is 9.97 Å². The number of thioether (sulfide) groups is 1. The molecule has 184 valence electrons. The monoisotopic (exact) mass is 535 g/mol. The molecule has 0 bridgehead atoms. The van der Waals surface area contributed by atoms with Crippen molar-refractivity contribution in [3.63, 3.8) is 0 Å². The molecule has 39 heavy (non-hydrogen) atoms. The molecule has 3 aromatic heterocycles. The van der Waals surface area contributed by atoms with Gasteiger partial charge in [0.1, 0.15) is 0 Å². The molecular weight excluding hydrogens is 515 g/mol. The first-order valence-electron chi connectivity index (χ1n) is 13.2. The zero-order chi connectivity index (χ0) is 25.5. The number of benzene rings is 4. The van der Waals surface area contributed by atoms with E-state index in [1.807, 2.05) is 11.8 Å². The zero-order valence-corrected chi connectivity index (χ0v) is 22.4. The highest BCUT2D eigenvalue weighted by Crippen LogP contribution is 2.52. The van der Waals surface area contributed by atoms with Gasteiger partial charge in [0.2, 0.25) is 5.95 Å². The van der Waals surface area contributed by atoms with Gasteiger partial charge in [-0.2, -0.15) is 0 Å². The first kappa shape index (κ1) is 21.7. The molecule has 0 saturated heterocycles. The summed E-state index contributed by atoms with van der Waals surface area (Å²) in [6, 6.07) is 32.4. The Balaban J connectivity index is 1.40. The van der Waals surface area contributed by atoms with E-state index in [2.05, 4.69) is 120 Å². The summed E-state index contributed by atoms with van der Waals surface area (Å²) in [6.07, 6.45) is 9.05. The van der Waals surface area contributed by atoms with Crippen LogP contribution in [-0.2, 0) is 0 Å². The van der Waals surface area contributed by atoms with E-state index >= 15 is 0 Å². The van der Waals surface area contributed by atoms with Crippen molar-refractivity contribution in [3.05, 3.63) is 121 Å². The number of fused-ring (bicyclic) bond motifs is 10. The van der Waals surface area contributed by atoms with E-state index in [9.17, 15) is 0 Å². The third-order valence-electron chi connectivity index (χ3n) is 7.97. The molecule has 2 unspecified atom stereocenters. The molecule has 4 aromatic carbocycles. The quantitative estimate of drug-likeness (QED) is 0.221. The molecule has 0 spiro atoms. The smallest absolute Gasteiger partial charge is 0.235 e. The van der Waals surface area contributed by atoms with Crippen LogP contribution in [-0.4, -0.2) is 19.8 Å². The van der Waals surface area contributed by atoms with Crippen LogP contribution in [0.15, 0.2) is 120 Å². The molecule has 4 heterocycles. The first-order chi connectivity index (χ1) is 19.3. The first-order valence-corrected chi connectivity index (χ1v) is 14.9. The molecule has 0 saturated carbocycles. The summed E-state index contributed by atoms with van der Waals surface area (Å²) in [5.41, 5.74) is 6.83. The number of hydrogen-bond acceptors (Lipinski definition) is 4. The number of para-hydroxylation sites is 1. The van der Waals surface area contributed by atoms with Crippen LogP contribution >= 0.6 is 23.1 Å². The molecule has 0 amide bonds. The average Bonchev–Trinajstić information content (AvgIpc) is 3.66. The van der Waals surface area contributed by atoms with Crippen LogP contribution in [0.1, 0.15) is 11.5 Å². The highest BCUT2D eigenvalue weighted by atomic mass is 32.2. The minimum absolute atomic E-state index is 0.427. The molecule has 0 fully saturated rings. The van der Waals surface area contributed by atoms with Gasteiger partial charge in [-0.3, -0.25) is 4.57 Å². The van der Waals surface area contributed by atoms with Gasteiger partial charge in [0.05, 0.1) is 26.9 Å². The Morgan fingerprint density at radius 2 is 1.49 bits per heavy atom. The topological polar surface area (TPSA) is 30.7 Å². The van der Waals surface area contributed by atoms with E-state index in [0.717, 1.165) is 38.5 Å². The summed E-state index contributed by atoms with van der Waals surface area (Å²) in [7, 11) is 0. The van der Waals surface area contributed by atoms with Gasteiger partial charge in [-0.1, -0.05) is 97.1 Å². The minimum Gasteiger partial charge on any atom is -0.278 e. The van der Waals surface area contributed by atoms with E-state index < -0.39 is 0 Å². The second kappa shape index (κ2) is 8.15. The van der Waals surface area contributed by atoms with Gasteiger partial charge in [-0.05, 0) is 23.8 Å². The Kier molecular flexibility index (Phi) is 4.54. The Bertz CT molecular complexity index is 2170. The van der Waals surface area contributed by atoms with Crippen LogP contribution in [0.25, 0.3) is 59.3 Å². The maximum absolute atomic E-state index is 5.31. The minimum atomic E-state index is 0.427. The van der Waals surface area contributed by atoms with Crippen molar-refractivity contribution >= 4 is 65.2 Å². The molecule has 1 aliphatic carbocycles. The molecule has 2 aliphatic rings. The van der Waals surface area contributed by atoms with Crippen molar-refractivity contribution in [2.45, 2.75) is 16.1 Å². The highest BCUT2D eigenvalue weighted by Gasteiger charge is 2.34. The summed E-state index contributed by atoms with van der Waals surface area (Å²) >= 11 is 3.76. The zero-order valence-electron chi connectivity index (χ0n) is 20.8. The molecular formula is C34H21N3S2. The average molecular weight is 536 g/mol. The predicted octanol–water partition coefficient (Wildman–Crippen LogP) is 9.29. The number of allylic oxidation sites excluding steroid dienone is 3. The second-order valence-corrected chi connectivity index (χ2v) is 12.4. The third-order valence-corrected chi connectivity index (χ3v) is 10.5. The summed E-state index contributed by atoms with van der Waals surface area (Å²) in [5.74, 6) is 1.15. The predicted molar refractivity (Wildman–Crippen MR) is 165 cm³/mol. The number of hydrogen-bond donors (Lipinski definition) is 0. The van der Waals surface area contributed by atoms with Crippen LogP contribution in [0.4, 0.5) is 0 Å². The Morgan fingerprint density at radius 3 is 2.41 bits per heavy atom. The molecule has 7 aromatic rings. The van der Waals surface area contributed by atoms with Gasteiger partial charge >= 0.3 is 0 Å². The standard InChI is InChI=1S/C34H21N3S2/c1-2-10-20(11-3-1)30-33-31(24-14-6-9-17-28(24)39-33)36-34(35-30)37-25-15-7-4-13-23(25)29-26(37)19-18-22-21-12-5-8-16-27(21)38-32(22)29/h1-19,21,27H. The fourth-order valence-corrected chi connectivity index (χ4v) is 8.89. The van der Waals surface area contributed by atoms with Gasteiger partial charge in [0.15, 0.2) is 0 Å². The molecule has 0 N–H and O–H groups in total. The van der Waals surface area contributed by atoms with E-state index in [-0.39, 0.29) is 0 Å². The summed E-state index contributed by atoms with van der Waals surface area (Å²) < 4.78 is 4.64. The van der Waals surface area contributed by atoms with E-state index in [0.29, 0.717) is 11.2 Å². The van der Waals surface area contributed by atoms with Crippen LogP contribution in [0.3, 0.4) is 0 Å². The molecule has 2 atom stereocenters. The number of aromatic nitrogens is 3. The number of rotatable bonds is 2. The van der Waals surface area contributed by atoms with Crippen molar-refractivity contribution in [1.82, 2.24) is 14.5 Å². The number of thiophene rings is 1. The highest BCUT2D eigenvalue weighted by molar-refractivity contribution is 8.00. The van der Waals surface area contributed by atoms with Crippen LogP contribution in [0, 0.1) is 0 Å². The lowest BCUT2D eigenvalue weighted by atomic mass is 9.91.